The van der Waals surface area contributed by atoms with Gasteiger partial charge in [-0.1, -0.05) is 29.8 Å². The summed E-state index contributed by atoms with van der Waals surface area (Å²) >= 11 is 5.93. The number of amides is 1. The molecule has 0 spiro atoms. The lowest BCUT2D eigenvalue weighted by atomic mass is 10.1. The Morgan fingerprint density at radius 2 is 1.96 bits per heavy atom. The minimum absolute atomic E-state index is 0.204. The molecule has 0 saturated heterocycles. The molecule has 1 amide bonds. The van der Waals surface area contributed by atoms with Gasteiger partial charge in [-0.3, -0.25) is 9.89 Å². The molecule has 6 nitrogen and oxygen atoms in total. The van der Waals surface area contributed by atoms with Crippen molar-refractivity contribution in [3.05, 3.63) is 64.8 Å². The summed E-state index contributed by atoms with van der Waals surface area (Å²) in [5, 5.41) is 10.5. The Labute approximate surface area is 155 Å². The fraction of sp³-hybridized carbons (Fsp3) is 0.158. The van der Waals surface area contributed by atoms with Crippen molar-refractivity contribution >= 4 is 17.5 Å². The van der Waals surface area contributed by atoms with Crippen LogP contribution in [0.2, 0.25) is 5.02 Å². The van der Waals surface area contributed by atoms with Crippen LogP contribution >= 0.6 is 11.6 Å². The average Bonchev–Trinajstić information content (AvgIpc) is 3.31. The molecule has 1 atom stereocenters. The summed E-state index contributed by atoms with van der Waals surface area (Å²) in [5.41, 5.74) is 2.89. The van der Waals surface area contributed by atoms with E-state index in [0.29, 0.717) is 27.8 Å². The molecule has 26 heavy (non-hydrogen) atoms. The lowest BCUT2D eigenvalue weighted by Crippen LogP contribution is -2.26. The molecule has 1 aliphatic heterocycles. The van der Waals surface area contributed by atoms with Gasteiger partial charge in [-0.25, -0.2) is 0 Å². The van der Waals surface area contributed by atoms with E-state index in [0.717, 1.165) is 11.1 Å². The van der Waals surface area contributed by atoms with Gasteiger partial charge in [0.25, 0.3) is 5.91 Å². The van der Waals surface area contributed by atoms with Gasteiger partial charge in [-0.15, -0.1) is 0 Å². The predicted octanol–water partition coefficient (Wildman–Crippen LogP) is 3.95. The van der Waals surface area contributed by atoms with Crippen LogP contribution in [0.5, 0.6) is 11.5 Å². The summed E-state index contributed by atoms with van der Waals surface area (Å²) in [4.78, 5) is 12.7. The van der Waals surface area contributed by atoms with Gasteiger partial charge in [0.15, 0.2) is 11.5 Å². The molecule has 0 bridgehead atoms. The third-order valence-electron chi connectivity index (χ3n) is 4.26. The van der Waals surface area contributed by atoms with Gasteiger partial charge >= 0.3 is 0 Å². The quantitative estimate of drug-likeness (QED) is 0.730. The molecule has 7 heteroatoms. The lowest BCUT2D eigenvalue weighted by Gasteiger charge is -2.15. The number of carbonyl (C=O) groups excluding carboxylic acids is 1. The third kappa shape index (κ3) is 3.11. The van der Waals surface area contributed by atoms with Crippen LogP contribution in [0, 0.1) is 0 Å². The Kier molecular flexibility index (Phi) is 4.26. The maximum Gasteiger partial charge on any atom is 0.255 e. The zero-order valence-corrected chi connectivity index (χ0v) is 14.7. The largest absolute Gasteiger partial charge is 0.454 e. The summed E-state index contributed by atoms with van der Waals surface area (Å²) in [7, 11) is 0. The van der Waals surface area contributed by atoms with Crippen LogP contribution in [0.15, 0.2) is 48.7 Å². The van der Waals surface area contributed by atoms with E-state index in [1.807, 2.05) is 37.3 Å². The lowest BCUT2D eigenvalue weighted by molar-refractivity contribution is 0.0940. The standard InChI is InChI=1S/C19H16ClN3O3/c1-11(13-4-7-16-17(8-13)26-10-25-16)22-19(24)15-9-21-23-18(15)12-2-5-14(20)6-3-12/h2-9,11H,10H2,1H3,(H,21,23)(H,22,24). The molecule has 0 radical (unpaired) electrons. The number of aromatic amines is 1. The molecular formula is C19H16ClN3O3. The maximum absolute atomic E-state index is 12.7. The van der Waals surface area contributed by atoms with Crippen molar-refractivity contribution in [1.82, 2.24) is 15.5 Å². The number of carbonyl (C=O) groups is 1. The highest BCUT2D eigenvalue weighted by Gasteiger charge is 2.20. The molecule has 3 aromatic rings. The maximum atomic E-state index is 12.7. The van der Waals surface area contributed by atoms with E-state index < -0.39 is 0 Å². The Balaban J connectivity index is 1.54. The molecule has 2 heterocycles. The second-order valence-corrected chi connectivity index (χ2v) is 6.41. The highest BCUT2D eigenvalue weighted by molar-refractivity contribution is 6.30. The van der Waals surface area contributed by atoms with Crippen molar-refractivity contribution in [2.24, 2.45) is 0 Å². The molecule has 1 unspecified atom stereocenters. The SMILES string of the molecule is CC(NC(=O)c1cn[nH]c1-c1ccc(Cl)cc1)c1ccc2c(c1)OCO2. The average molecular weight is 370 g/mol. The van der Waals surface area contributed by atoms with E-state index in [1.54, 1.807) is 12.1 Å². The van der Waals surface area contributed by atoms with Gasteiger partial charge in [0, 0.05) is 10.6 Å². The highest BCUT2D eigenvalue weighted by Crippen LogP contribution is 2.34. The van der Waals surface area contributed by atoms with E-state index in [2.05, 4.69) is 15.5 Å². The minimum Gasteiger partial charge on any atom is -0.454 e. The van der Waals surface area contributed by atoms with Crippen LogP contribution in [-0.4, -0.2) is 22.9 Å². The number of halogens is 1. The second kappa shape index (κ2) is 6.72. The van der Waals surface area contributed by atoms with E-state index in [9.17, 15) is 4.79 Å². The van der Waals surface area contributed by atoms with E-state index in [-0.39, 0.29) is 18.7 Å². The van der Waals surface area contributed by atoms with Crippen molar-refractivity contribution in [1.29, 1.82) is 0 Å². The van der Waals surface area contributed by atoms with Crippen molar-refractivity contribution < 1.29 is 14.3 Å². The zero-order chi connectivity index (χ0) is 18.1. The molecule has 4 rings (SSSR count). The minimum atomic E-state index is -0.214. The summed E-state index contributed by atoms with van der Waals surface area (Å²) < 4.78 is 10.7. The first-order chi connectivity index (χ1) is 12.6. The molecule has 132 valence electrons. The van der Waals surface area contributed by atoms with Crippen molar-refractivity contribution in [2.45, 2.75) is 13.0 Å². The summed E-state index contributed by atoms with van der Waals surface area (Å²) in [6.07, 6.45) is 1.52. The number of H-pyrrole nitrogens is 1. The van der Waals surface area contributed by atoms with Crippen LogP contribution in [-0.2, 0) is 0 Å². The number of hydrogen-bond acceptors (Lipinski definition) is 4. The Hall–Kier alpha value is -2.99. The van der Waals surface area contributed by atoms with Gasteiger partial charge in [0.2, 0.25) is 6.79 Å². The fourth-order valence-electron chi connectivity index (χ4n) is 2.84. The van der Waals surface area contributed by atoms with Gasteiger partial charge in [-0.2, -0.15) is 5.10 Å². The first-order valence-corrected chi connectivity index (χ1v) is 8.49. The smallest absolute Gasteiger partial charge is 0.255 e. The number of rotatable bonds is 4. The summed E-state index contributed by atoms with van der Waals surface area (Å²) in [6.45, 7) is 2.14. The topological polar surface area (TPSA) is 76.2 Å². The Bertz CT molecular complexity index is 953. The predicted molar refractivity (Wildman–Crippen MR) is 97.5 cm³/mol. The van der Waals surface area contributed by atoms with Gasteiger partial charge < -0.3 is 14.8 Å². The van der Waals surface area contributed by atoms with Crippen LogP contribution < -0.4 is 14.8 Å². The summed E-state index contributed by atoms with van der Waals surface area (Å²) in [6, 6.07) is 12.7. The van der Waals surface area contributed by atoms with E-state index in [4.69, 9.17) is 21.1 Å². The van der Waals surface area contributed by atoms with Gasteiger partial charge in [0.1, 0.15) is 0 Å². The van der Waals surface area contributed by atoms with Crippen molar-refractivity contribution in [3.63, 3.8) is 0 Å². The number of ether oxygens (including phenoxy) is 2. The number of nitrogens with zero attached hydrogens (tertiary/aromatic N) is 1. The zero-order valence-electron chi connectivity index (χ0n) is 14.0. The normalized spacial score (nSPS) is 13.5. The summed E-state index contributed by atoms with van der Waals surface area (Å²) in [5.74, 6) is 1.19. The Morgan fingerprint density at radius 3 is 2.77 bits per heavy atom. The second-order valence-electron chi connectivity index (χ2n) is 5.97. The molecule has 0 saturated carbocycles. The number of nitrogens with one attached hydrogen (secondary N) is 2. The van der Waals surface area contributed by atoms with Crippen LogP contribution in [0.1, 0.15) is 28.9 Å². The van der Waals surface area contributed by atoms with Gasteiger partial charge in [-0.05, 0) is 36.8 Å². The molecule has 2 aromatic carbocycles. The fourth-order valence-corrected chi connectivity index (χ4v) is 2.96. The number of benzene rings is 2. The molecule has 1 aromatic heterocycles. The van der Waals surface area contributed by atoms with Crippen molar-refractivity contribution in [3.8, 4) is 22.8 Å². The van der Waals surface area contributed by atoms with Crippen molar-refractivity contribution in [2.75, 3.05) is 6.79 Å². The molecule has 1 aliphatic rings. The number of fused-ring (bicyclic) bond motifs is 1. The molecular weight excluding hydrogens is 354 g/mol. The van der Waals surface area contributed by atoms with Crippen LogP contribution in [0.4, 0.5) is 0 Å². The number of hydrogen-bond donors (Lipinski definition) is 2. The highest BCUT2D eigenvalue weighted by atomic mass is 35.5. The molecule has 0 aliphatic carbocycles. The monoisotopic (exact) mass is 369 g/mol. The van der Waals surface area contributed by atoms with Gasteiger partial charge in [0.05, 0.1) is 23.5 Å². The number of aromatic nitrogens is 2. The van der Waals surface area contributed by atoms with Crippen LogP contribution in [0.3, 0.4) is 0 Å². The first kappa shape index (κ1) is 16.5. The van der Waals surface area contributed by atoms with Crippen LogP contribution in [0.25, 0.3) is 11.3 Å². The Morgan fingerprint density at radius 1 is 1.19 bits per heavy atom. The van der Waals surface area contributed by atoms with E-state index >= 15 is 0 Å². The van der Waals surface area contributed by atoms with E-state index in [1.165, 1.54) is 6.20 Å². The third-order valence-corrected chi connectivity index (χ3v) is 4.51. The molecule has 0 fully saturated rings. The molecule has 2 N–H and O–H groups in total. The first-order valence-electron chi connectivity index (χ1n) is 8.11.